The van der Waals surface area contributed by atoms with Crippen LogP contribution in [0.25, 0.3) is 0 Å². The van der Waals surface area contributed by atoms with Crippen LogP contribution in [0.2, 0.25) is 5.02 Å². The third kappa shape index (κ3) is 4.54. The van der Waals surface area contributed by atoms with Gasteiger partial charge in [-0.15, -0.1) is 0 Å². The first-order chi connectivity index (χ1) is 10.5. The van der Waals surface area contributed by atoms with Gasteiger partial charge < -0.3 is 15.5 Å². The fourth-order valence-corrected chi connectivity index (χ4v) is 2.91. The first-order valence-electron chi connectivity index (χ1n) is 8.09. The lowest BCUT2D eigenvalue weighted by Gasteiger charge is -2.31. The Morgan fingerprint density at radius 1 is 1.18 bits per heavy atom. The highest BCUT2D eigenvalue weighted by molar-refractivity contribution is 6.31. The summed E-state index contributed by atoms with van der Waals surface area (Å²) in [5.74, 6) is -0.000398. The van der Waals surface area contributed by atoms with Gasteiger partial charge in [0.1, 0.15) is 6.04 Å². The normalized spacial score (nSPS) is 16.5. The molecule has 0 radical (unpaired) electrons. The first kappa shape index (κ1) is 16.9. The summed E-state index contributed by atoms with van der Waals surface area (Å²) >= 11 is 6.14. The average molecular weight is 324 g/mol. The van der Waals surface area contributed by atoms with Crippen LogP contribution in [0.3, 0.4) is 0 Å². The maximum atomic E-state index is 12.1. The molecule has 1 aromatic carbocycles. The molecule has 122 valence electrons. The smallest absolute Gasteiger partial charge is 0.242 e. The van der Waals surface area contributed by atoms with Gasteiger partial charge in [0.15, 0.2) is 0 Å². The van der Waals surface area contributed by atoms with Crippen molar-refractivity contribution in [3.05, 3.63) is 23.2 Å². The summed E-state index contributed by atoms with van der Waals surface area (Å²) in [6.07, 6.45) is 3.72. The Morgan fingerprint density at radius 2 is 1.86 bits per heavy atom. The number of benzene rings is 1. The Hall–Kier alpha value is -1.42. The quantitative estimate of drug-likeness (QED) is 0.869. The molecule has 1 aliphatic rings. The summed E-state index contributed by atoms with van der Waals surface area (Å²) in [6, 6.07) is 5.70. The predicted molar refractivity (Wildman–Crippen MR) is 93.9 cm³/mol. The van der Waals surface area contributed by atoms with Gasteiger partial charge in [0.25, 0.3) is 0 Å². The SMILES string of the molecule is CC(C)NC(=O)[C@H](C)Nc1cc(Cl)ccc1N1CCCCC1. The lowest BCUT2D eigenvalue weighted by atomic mass is 10.1. The highest BCUT2D eigenvalue weighted by Crippen LogP contribution is 2.31. The van der Waals surface area contributed by atoms with E-state index in [2.05, 4.69) is 15.5 Å². The molecule has 0 aromatic heterocycles. The van der Waals surface area contributed by atoms with Crippen LogP contribution in [0.1, 0.15) is 40.0 Å². The van der Waals surface area contributed by atoms with Crippen LogP contribution in [-0.4, -0.2) is 31.1 Å². The summed E-state index contributed by atoms with van der Waals surface area (Å²) in [5.41, 5.74) is 2.06. The van der Waals surface area contributed by atoms with E-state index in [-0.39, 0.29) is 18.0 Å². The van der Waals surface area contributed by atoms with E-state index in [4.69, 9.17) is 11.6 Å². The number of hydrogen-bond acceptors (Lipinski definition) is 3. The van der Waals surface area contributed by atoms with Gasteiger partial charge in [-0.1, -0.05) is 11.6 Å². The molecule has 0 bridgehead atoms. The van der Waals surface area contributed by atoms with Gasteiger partial charge in [-0.05, 0) is 58.2 Å². The number of rotatable bonds is 5. The van der Waals surface area contributed by atoms with Crippen molar-refractivity contribution < 1.29 is 4.79 Å². The monoisotopic (exact) mass is 323 g/mol. The molecule has 1 atom stereocenters. The molecule has 2 rings (SSSR count). The largest absolute Gasteiger partial charge is 0.372 e. The molecule has 22 heavy (non-hydrogen) atoms. The van der Waals surface area contributed by atoms with Crippen molar-refractivity contribution in [2.45, 2.75) is 52.1 Å². The molecule has 1 heterocycles. The van der Waals surface area contributed by atoms with E-state index in [9.17, 15) is 4.79 Å². The maximum absolute atomic E-state index is 12.1. The lowest BCUT2D eigenvalue weighted by molar-refractivity contribution is -0.122. The molecule has 0 saturated carbocycles. The van der Waals surface area contributed by atoms with Gasteiger partial charge in [0.05, 0.1) is 11.4 Å². The van der Waals surface area contributed by atoms with Crippen molar-refractivity contribution in [3.8, 4) is 0 Å². The van der Waals surface area contributed by atoms with Crippen LogP contribution in [0.15, 0.2) is 18.2 Å². The Kier molecular flexibility index (Phi) is 5.95. The molecule has 1 fully saturated rings. The van der Waals surface area contributed by atoms with E-state index in [1.807, 2.05) is 39.0 Å². The van der Waals surface area contributed by atoms with E-state index in [0.717, 1.165) is 24.5 Å². The highest BCUT2D eigenvalue weighted by Gasteiger charge is 2.19. The number of halogens is 1. The summed E-state index contributed by atoms with van der Waals surface area (Å²) in [5, 5.41) is 6.92. The van der Waals surface area contributed by atoms with Gasteiger partial charge in [-0.2, -0.15) is 0 Å². The summed E-state index contributed by atoms with van der Waals surface area (Å²) in [4.78, 5) is 14.5. The van der Waals surface area contributed by atoms with Crippen LogP contribution in [0.4, 0.5) is 11.4 Å². The fraction of sp³-hybridized carbons (Fsp3) is 0.588. The molecule has 2 N–H and O–H groups in total. The first-order valence-corrected chi connectivity index (χ1v) is 8.46. The van der Waals surface area contributed by atoms with Crippen LogP contribution < -0.4 is 15.5 Å². The Balaban J connectivity index is 2.14. The zero-order valence-corrected chi connectivity index (χ0v) is 14.4. The van der Waals surface area contributed by atoms with E-state index < -0.39 is 0 Å². The average Bonchev–Trinajstić information content (AvgIpc) is 2.47. The maximum Gasteiger partial charge on any atom is 0.242 e. The molecular weight excluding hydrogens is 298 g/mol. The lowest BCUT2D eigenvalue weighted by Crippen LogP contribution is -2.41. The van der Waals surface area contributed by atoms with Crippen molar-refractivity contribution in [3.63, 3.8) is 0 Å². The van der Waals surface area contributed by atoms with Crippen molar-refractivity contribution >= 4 is 28.9 Å². The molecule has 1 aromatic rings. The minimum absolute atomic E-state index is 0.000398. The standard InChI is InChI=1S/C17H26ClN3O/c1-12(2)19-17(22)13(3)20-15-11-14(18)7-8-16(15)21-9-5-4-6-10-21/h7-8,11-13,20H,4-6,9-10H2,1-3H3,(H,19,22)/t13-/m0/s1. The van der Waals surface area contributed by atoms with E-state index in [1.54, 1.807) is 0 Å². The second-order valence-corrected chi connectivity index (χ2v) is 6.67. The van der Waals surface area contributed by atoms with Crippen LogP contribution in [0.5, 0.6) is 0 Å². The Bertz CT molecular complexity index is 513. The topological polar surface area (TPSA) is 44.4 Å². The number of carbonyl (C=O) groups excluding carboxylic acids is 1. The van der Waals surface area contributed by atoms with Gasteiger partial charge >= 0.3 is 0 Å². The number of carbonyl (C=O) groups is 1. The molecule has 1 aliphatic heterocycles. The van der Waals surface area contributed by atoms with Crippen molar-refractivity contribution in [2.24, 2.45) is 0 Å². The number of amides is 1. The molecule has 1 saturated heterocycles. The second-order valence-electron chi connectivity index (χ2n) is 6.24. The zero-order chi connectivity index (χ0) is 16.1. The molecule has 0 spiro atoms. The minimum Gasteiger partial charge on any atom is -0.372 e. The van der Waals surface area contributed by atoms with Gasteiger partial charge in [0.2, 0.25) is 5.91 Å². The molecule has 1 amide bonds. The zero-order valence-electron chi connectivity index (χ0n) is 13.7. The van der Waals surface area contributed by atoms with E-state index >= 15 is 0 Å². The van der Waals surface area contributed by atoms with Crippen LogP contribution in [0, 0.1) is 0 Å². The Morgan fingerprint density at radius 3 is 2.50 bits per heavy atom. The van der Waals surface area contributed by atoms with Crippen molar-refractivity contribution in [1.29, 1.82) is 0 Å². The van der Waals surface area contributed by atoms with Gasteiger partial charge in [-0.25, -0.2) is 0 Å². The molecule has 4 nitrogen and oxygen atoms in total. The number of hydrogen-bond donors (Lipinski definition) is 2. The van der Waals surface area contributed by atoms with Crippen LogP contribution >= 0.6 is 11.6 Å². The van der Waals surface area contributed by atoms with Gasteiger partial charge in [0, 0.05) is 24.2 Å². The van der Waals surface area contributed by atoms with Crippen molar-refractivity contribution in [2.75, 3.05) is 23.3 Å². The summed E-state index contributed by atoms with van der Waals surface area (Å²) in [6.45, 7) is 7.91. The fourth-order valence-electron chi connectivity index (χ4n) is 2.74. The Labute approximate surface area is 138 Å². The number of anilines is 2. The highest BCUT2D eigenvalue weighted by atomic mass is 35.5. The van der Waals surface area contributed by atoms with Crippen molar-refractivity contribution in [1.82, 2.24) is 5.32 Å². The predicted octanol–water partition coefficient (Wildman–Crippen LogP) is 3.66. The van der Waals surface area contributed by atoms with Gasteiger partial charge in [-0.3, -0.25) is 4.79 Å². The second kappa shape index (κ2) is 7.73. The van der Waals surface area contributed by atoms with E-state index in [1.165, 1.54) is 19.3 Å². The number of piperidine rings is 1. The third-order valence-electron chi connectivity index (χ3n) is 3.85. The van der Waals surface area contributed by atoms with E-state index in [0.29, 0.717) is 5.02 Å². The summed E-state index contributed by atoms with van der Waals surface area (Å²) in [7, 11) is 0. The molecule has 0 aliphatic carbocycles. The molecule has 5 heteroatoms. The number of nitrogens with one attached hydrogen (secondary N) is 2. The van der Waals surface area contributed by atoms with Crippen LogP contribution in [-0.2, 0) is 4.79 Å². The molecule has 0 unspecified atom stereocenters. The minimum atomic E-state index is -0.301. The third-order valence-corrected chi connectivity index (χ3v) is 4.09. The number of nitrogens with zero attached hydrogens (tertiary/aromatic N) is 1. The summed E-state index contributed by atoms with van der Waals surface area (Å²) < 4.78 is 0. The molecular formula is C17H26ClN3O.